The van der Waals surface area contributed by atoms with Crippen LogP contribution in [0.5, 0.6) is 0 Å². The molecule has 0 aliphatic carbocycles. The molecule has 1 heterocycles. The van der Waals surface area contributed by atoms with Gasteiger partial charge in [0.2, 0.25) is 10.9 Å². The number of carbonyl (C=O) groups excluding carboxylic acids is 1. The molecule has 0 bridgehead atoms. The van der Waals surface area contributed by atoms with E-state index >= 15 is 0 Å². The zero-order valence-corrected chi connectivity index (χ0v) is 15.6. The molecule has 0 aliphatic rings. The van der Waals surface area contributed by atoms with Gasteiger partial charge in [-0.3, -0.25) is 14.8 Å². The average molecular weight is 408 g/mol. The zero-order chi connectivity index (χ0) is 19.4. The highest BCUT2D eigenvalue weighted by atomic mass is 35.5. The Hall–Kier alpha value is -2.42. The van der Waals surface area contributed by atoms with Crippen LogP contribution in [0.25, 0.3) is 11.0 Å². The third-order valence-corrected chi connectivity index (χ3v) is 4.91. The van der Waals surface area contributed by atoms with Crippen LogP contribution in [0.1, 0.15) is 27.9 Å². The highest BCUT2D eigenvalue weighted by Gasteiger charge is 2.20. The van der Waals surface area contributed by atoms with Crippen LogP contribution in [-0.4, -0.2) is 30.7 Å². The van der Waals surface area contributed by atoms with Gasteiger partial charge in [-0.25, -0.2) is 17.5 Å². The third kappa shape index (κ3) is 4.47. The quantitative estimate of drug-likeness (QED) is 0.357. The number of carbonyl (C=O) groups is 1. The molecule has 0 fully saturated rings. The Bertz CT molecular complexity index is 1080. The Morgan fingerprint density at radius 2 is 1.85 bits per heavy atom. The van der Waals surface area contributed by atoms with Gasteiger partial charge in [0.25, 0.3) is 0 Å². The van der Waals surface area contributed by atoms with Gasteiger partial charge in [-0.15, -0.1) is 0 Å². The molecule has 1 N–H and O–H groups in total. The maximum absolute atomic E-state index is 14.3. The number of rotatable bonds is 7. The van der Waals surface area contributed by atoms with Crippen LogP contribution >= 0.6 is 11.6 Å². The van der Waals surface area contributed by atoms with Crippen molar-refractivity contribution in [2.45, 2.75) is 12.8 Å². The molecule has 1 aromatic heterocycles. The number of thiol groups is 1. The van der Waals surface area contributed by atoms with Crippen molar-refractivity contribution in [3.05, 3.63) is 70.3 Å². The van der Waals surface area contributed by atoms with Gasteiger partial charge in [-0.05, 0) is 42.7 Å². The minimum atomic E-state index is -2.66. The monoisotopic (exact) mass is 407 g/mol. The number of hydrogen-bond donors (Lipinski definition) is 2. The van der Waals surface area contributed by atoms with Gasteiger partial charge in [0.05, 0.1) is 21.6 Å². The Kier molecular flexibility index (Phi) is 6.10. The van der Waals surface area contributed by atoms with Gasteiger partial charge in [-0.1, -0.05) is 17.7 Å². The minimum Gasteiger partial charge on any atom is -0.288 e. The summed E-state index contributed by atoms with van der Waals surface area (Å²) in [4.78, 5) is 21.1. The number of ketones is 1. The number of fused-ring (bicyclic) bond motifs is 1. The van der Waals surface area contributed by atoms with Crippen LogP contribution in [0.2, 0.25) is 5.02 Å². The lowest BCUT2D eigenvalue weighted by Crippen LogP contribution is -2.13. The first-order chi connectivity index (χ1) is 13.0. The molecular formula is C18H15ClFN3O3S. The van der Waals surface area contributed by atoms with Gasteiger partial charge in [-0.2, -0.15) is 0 Å². The summed E-state index contributed by atoms with van der Waals surface area (Å²) < 4.78 is 37.7. The van der Waals surface area contributed by atoms with Crippen molar-refractivity contribution in [1.82, 2.24) is 14.7 Å². The van der Waals surface area contributed by atoms with Crippen molar-refractivity contribution in [1.29, 1.82) is 0 Å². The van der Waals surface area contributed by atoms with Gasteiger partial charge in [0.1, 0.15) is 5.82 Å². The molecule has 3 rings (SSSR count). The number of benzene rings is 2. The Morgan fingerprint density at radius 3 is 2.59 bits per heavy atom. The summed E-state index contributed by atoms with van der Waals surface area (Å²) in [6.07, 6.45) is 3.92. The summed E-state index contributed by atoms with van der Waals surface area (Å²) in [7, 11) is -2.66. The fourth-order valence-electron chi connectivity index (χ4n) is 2.69. The smallest absolute Gasteiger partial charge is 0.201 e. The summed E-state index contributed by atoms with van der Waals surface area (Å²) in [6, 6.07) is 7.42. The van der Waals surface area contributed by atoms with Gasteiger partial charge < -0.3 is 0 Å². The number of nitrogens with one attached hydrogen (secondary N) is 1. The molecule has 27 heavy (non-hydrogen) atoms. The number of aryl methyl sites for hydroxylation is 1. The summed E-state index contributed by atoms with van der Waals surface area (Å²) in [5.74, 6) is -1.26. The standard InChI is InChI=1S/C18H15ClFN3O3S/c19-17-11(2-1-7-23-27(25)26)3-5-13(20)16(17)18(24)12-4-6-14-15(10-12)22-9-8-21-14/h3-6,8-10,27H,1-2,7H2,(H,23,25,26). The lowest BCUT2D eigenvalue weighted by molar-refractivity contribution is 0.103. The maximum Gasteiger partial charge on any atom is 0.201 e. The predicted octanol–water partition coefficient (Wildman–Crippen LogP) is 2.70. The second kappa shape index (κ2) is 8.51. The fraction of sp³-hybridized carbons (Fsp3) is 0.167. The van der Waals surface area contributed by atoms with Crippen molar-refractivity contribution in [2.75, 3.05) is 6.54 Å². The Morgan fingerprint density at radius 1 is 1.11 bits per heavy atom. The molecule has 0 saturated carbocycles. The predicted molar refractivity (Wildman–Crippen MR) is 101 cm³/mol. The van der Waals surface area contributed by atoms with Crippen LogP contribution in [0.15, 0.2) is 42.7 Å². The van der Waals surface area contributed by atoms with Crippen LogP contribution in [0.3, 0.4) is 0 Å². The third-order valence-electron chi connectivity index (χ3n) is 3.99. The molecule has 2 aromatic carbocycles. The minimum absolute atomic E-state index is 0.0331. The van der Waals surface area contributed by atoms with E-state index in [-0.39, 0.29) is 22.7 Å². The van der Waals surface area contributed by atoms with Crippen molar-refractivity contribution in [3.8, 4) is 0 Å². The van der Waals surface area contributed by atoms with Crippen molar-refractivity contribution < 1.29 is 17.6 Å². The summed E-state index contributed by atoms with van der Waals surface area (Å²) in [5, 5.41) is 0.0331. The molecule has 0 atom stereocenters. The highest BCUT2D eigenvalue weighted by Crippen LogP contribution is 2.28. The average Bonchev–Trinajstić information content (AvgIpc) is 2.66. The molecule has 0 radical (unpaired) electrons. The van der Waals surface area contributed by atoms with E-state index in [4.69, 9.17) is 11.6 Å². The van der Waals surface area contributed by atoms with Gasteiger partial charge >= 0.3 is 0 Å². The Balaban J connectivity index is 1.89. The van der Waals surface area contributed by atoms with E-state index in [9.17, 15) is 17.6 Å². The van der Waals surface area contributed by atoms with Gasteiger partial charge in [0, 0.05) is 24.5 Å². The second-order valence-electron chi connectivity index (χ2n) is 5.75. The van der Waals surface area contributed by atoms with E-state index < -0.39 is 22.5 Å². The second-order valence-corrected chi connectivity index (χ2v) is 6.96. The molecule has 9 heteroatoms. The van der Waals surface area contributed by atoms with Crippen LogP contribution in [0, 0.1) is 5.82 Å². The van der Waals surface area contributed by atoms with Crippen molar-refractivity contribution in [3.63, 3.8) is 0 Å². The largest absolute Gasteiger partial charge is 0.288 e. The number of aromatic nitrogens is 2. The van der Waals surface area contributed by atoms with E-state index in [1.54, 1.807) is 24.4 Å². The number of nitrogens with zero attached hydrogens (tertiary/aromatic N) is 2. The Labute approximate surface area is 161 Å². The molecule has 140 valence electrons. The molecule has 3 aromatic rings. The first-order valence-electron chi connectivity index (χ1n) is 8.07. The maximum atomic E-state index is 14.3. The van der Waals surface area contributed by atoms with Crippen LogP contribution in [-0.2, 0) is 17.3 Å². The van der Waals surface area contributed by atoms with E-state index in [0.29, 0.717) is 29.4 Å². The summed E-state index contributed by atoms with van der Waals surface area (Å²) in [5.41, 5.74) is 1.77. The van der Waals surface area contributed by atoms with E-state index in [2.05, 4.69) is 14.7 Å². The lowest BCUT2D eigenvalue weighted by atomic mass is 9.98. The summed E-state index contributed by atoms with van der Waals surface area (Å²) >= 11 is 6.29. The van der Waals surface area contributed by atoms with Crippen LogP contribution < -0.4 is 4.72 Å². The molecule has 0 unspecified atom stereocenters. The number of halogens is 2. The van der Waals surface area contributed by atoms with Crippen molar-refractivity contribution in [2.24, 2.45) is 0 Å². The first-order valence-corrected chi connectivity index (χ1v) is 9.63. The van der Waals surface area contributed by atoms with Crippen molar-refractivity contribution >= 4 is 39.3 Å². The first kappa shape index (κ1) is 19.3. The van der Waals surface area contributed by atoms with Gasteiger partial charge in [0.15, 0.2) is 5.78 Å². The molecule has 6 nitrogen and oxygen atoms in total. The lowest BCUT2D eigenvalue weighted by Gasteiger charge is -2.11. The topological polar surface area (TPSA) is 89.0 Å². The van der Waals surface area contributed by atoms with Crippen LogP contribution in [0.4, 0.5) is 4.39 Å². The number of hydrogen-bond acceptors (Lipinski definition) is 5. The summed E-state index contributed by atoms with van der Waals surface area (Å²) in [6.45, 7) is 0.235. The molecule has 0 spiro atoms. The van der Waals surface area contributed by atoms with E-state index in [0.717, 1.165) is 0 Å². The highest BCUT2D eigenvalue weighted by molar-refractivity contribution is 7.70. The molecule has 0 amide bonds. The van der Waals surface area contributed by atoms with E-state index in [1.807, 2.05) is 0 Å². The van der Waals surface area contributed by atoms with E-state index in [1.165, 1.54) is 18.3 Å². The SMILES string of the molecule is O=C(c1ccc2nccnc2c1)c1c(F)ccc(CCCN[SH](=O)=O)c1Cl. The molecule has 0 aliphatic heterocycles. The fourth-order valence-corrected chi connectivity index (χ4v) is 3.37. The normalized spacial score (nSPS) is 11.2. The zero-order valence-electron chi connectivity index (χ0n) is 14.0. The molecule has 0 saturated heterocycles. The molecular weight excluding hydrogens is 393 g/mol.